The lowest BCUT2D eigenvalue weighted by Crippen LogP contribution is -2.18. The fourth-order valence-corrected chi connectivity index (χ4v) is 3.09. The average molecular weight is 432 g/mol. The molecule has 0 saturated carbocycles. The van der Waals surface area contributed by atoms with Gasteiger partial charge in [0.25, 0.3) is 12.3 Å². The number of anilines is 2. The minimum absolute atomic E-state index is 0.0347. The Morgan fingerprint density at radius 3 is 2.61 bits per heavy atom. The molecule has 8 nitrogen and oxygen atoms in total. The van der Waals surface area contributed by atoms with E-state index in [1.165, 1.54) is 6.07 Å². The van der Waals surface area contributed by atoms with E-state index in [0.29, 0.717) is 16.7 Å². The number of amides is 1. The van der Waals surface area contributed by atoms with Crippen LogP contribution in [0.2, 0.25) is 0 Å². The zero-order valence-corrected chi connectivity index (χ0v) is 16.6. The predicted octanol–water partition coefficient (Wildman–Crippen LogP) is 3.03. The van der Waals surface area contributed by atoms with Crippen molar-refractivity contribution >= 4 is 17.4 Å². The number of phenolic OH excluding ortho intramolecular Hbond substituents is 1. The number of nitrogens with two attached hydrogens (primary N) is 2. The zero-order chi connectivity index (χ0) is 22.9. The Labute approximate surface area is 175 Å². The molecule has 162 valence electrons. The SMILES string of the molecule is Cc1ccc(O)c(C)c1-c1nc(-c2cc(F)cnc2NCC(F)F)nc(C(N)=O)c1N. The molecule has 0 saturated heterocycles. The number of benzene rings is 1. The summed E-state index contributed by atoms with van der Waals surface area (Å²) in [5.74, 6) is -2.09. The number of pyridine rings is 1. The van der Waals surface area contributed by atoms with Crippen LogP contribution in [-0.2, 0) is 0 Å². The summed E-state index contributed by atoms with van der Waals surface area (Å²) in [6.07, 6.45) is -1.85. The van der Waals surface area contributed by atoms with Crippen LogP contribution < -0.4 is 16.8 Å². The van der Waals surface area contributed by atoms with Gasteiger partial charge in [-0.2, -0.15) is 0 Å². The first-order chi connectivity index (χ1) is 14.6. The van der Waals surface area contributed by atoms with Gasteiger partial charge in [-0.15, -0.1) is 0 Å². The maximum atomic E-state index is 13.9. The second-order valence-electron chi connectivity index (χ2n) is 6.75. The quantitative estimate of drug-likeness (QED) is 0.469. The molecule has 3 aromatic rings. The van der Waals surface area contributed by atoms with Crippen molar-refractivity contribution in [3.8, 4) is 28.4 Å². The number of carbonyl (C=O) groups is 1. The second-order valence-corrected chi connectivity index (χ2v) is 6.75. The summed E-state index contributed by atoms with van der Waals surface area (Å²) in [7, 11) is 0. The molecule has 6 N–H and O–H groups in total. The van der Waals surface area contributed by atoms with E-state index in [1.807, 2.05) is 0 Å². The first-order valence-corrected chi connectivity index (χ1v) is 9.05. The highest BCUT2D eigenvalue weighted by atomic mass is 19.3. The molecule has 0 atom stereocenters. The average Bonchev–Trinajstić information content (AvgIpc) is 2.71. The summed E-state index contributed by atoms with van der Waals surface area (Å²) < 4.78 is 39.3. The largest absolute Gasteiger partial charge is 0.508 e. The molecule has 0 aliphatic rings. The number of aromatic nitrogens is 3. The number of hydrogen-bond donors (Lipinski definition) is 4. The highest BCUT2D eigenvalue weighted by molar-refractivity contribution is 6.00. The van der Waals surface area contributed by atoms with Gasteiger partial charge in [0.2, 0.25) is 0 Å². The van der Waals surface area contributed by atoms with Gasteiger partial charge in [0, 0.05) is 11.1 Å². The maximum Gasteiger partial charge on any atom is 0.269 e. The second kappa shape index (κ2) is 8.46. The molecule has 2 aromatic heterocycles. The number of nitrogens with one attached hydrogen (secondary N) is 1. The Hall–Kier alpha value is -3.89. The molecule has 31 heavy (non-hydrogen) atoms. The Morgan fingerprint density at radius 1 is 1.26 bits per heavy atom. The van der Waals surface area contributed by atoms with Crippen molar-refractivity contribution in [3.63, 3.8) is 0 Å². The Bertz CT molecular complexity index is 1170. The Morgan fingerprint density at radius 2 is 1.97 bits per heavy atom. The van der Waals surface area contributed by atoms with E-state index < -0.39 is 24.7 Å². The normalized spacial score (nSPS) is 11.0. The van der Waals surface area contributed by atoms with Gasteiger partial charge in [-0.25, -0.2) is 28.1 Å². The molecular weight excluding hydrogens is 413 g/mol. The number of nitrogen functional groups attached to an aromatic ring is 1. The van der Waals surface area contributed by atoms with Gasteiger partial charge in [-0.3, -0.25) is 4.79 Å². The molecule has 0 aliphatic carbocycles. The summed E-state index contributed by atoms with van der Waals surface area (Å²) in [6.45, 7) is 2.62. The van der Waals surface area contributed by atoms with Gasteiger partial charge >= 0.3 is 0 Å². The van der Waals surface area contributed by atoms with Crippen LogP contribution in [0.5, 0.6) is 5.75 Å². The third-order valence-electron chi connectivity index (χ3n) is 4.58. The summed E-state index contributed by atoms with van der Waals surface area (Å²) >= 11 is 0. The monoisotopic (exact) mass is 432 g/mol. The summed E-state index contributed by atoms with van der Waals surface area (Å²) in [4.78, 5) is 24.2. The summed E-state index contributed by atoms with van der Waals surface area (Å²) in [6, 6.07) is 4.11. The lowest BCUT2D eigenvalue weighted by atomic mass is 9.97. The number of carbonyl (C=O) groups excluding carboxylic acids is 1. The molecular formula is C20H19F3N6O2. The number of aryl methyl sites for hydroxylation is 1. The minimum Gasteiger partial charge on any atom is -0.508 e. The van der Waals surface area contributed by atoms with E-state index in [1.54, 1.807) is 19.9 Å². The number of primary amides is 1. The van der Waals surface area contributed by atoms with Gasteiger partial charge in [-0.05, 0) is 31.5 Å². The number of phenols is 1. The third-order valence-corrected chi connectivity index (χ3v) is 4.58. The molecule has 0 spiro atoms. The van der Waals surface area contributed by atoms with Crippen molar-refractivity contribution in [1.82, 2.24) is 15.0 Å². The molecule has 11 heteroatoms. The molecule has 0 fully saturated rings. The van der Waals surface area contributed by atoms with E-state index in [9.17, 15) is 23.1 Å². The van der Waals surface area contributed by atoms with Crippen molar-refractivity contribution < 1.29 is 23.1 Å². The Kier molecular flexibility index (Phi) is 5.95. The smallest absolute Gasteiger partial charge is 0.269 e. The molecule has 0 unspecified atom stereocenters. The number of rotatable bonds is 6. The molecule has 0 radical (unpaired) electrons. The topological polar surface area (TPSA) is 140 Å². The van der Waals surface area contributed by atoms with Gasteiger partial charge in [0.15, 0.2) is 11.5 Å². The number of hydrogen-bond acceptors (Lipinski definition) is 7. The van der Waals surface area contributed by atoms with Crippen molar-refractivity contribution in [2.45, 2.75) is 20.3 Å². The summed E-state index contributed by atoms with van der Waals surface area (Å²) in [5.41, 5.74) is 12.6. The maximum absolute atomic E-state index is 13.9. The standard InChI is InChI=1S/C20H19F3N6O2/c1-8-3-4-12(30)9(2)14(8)16-15(24)17(18(25)31)29-20(28-16)11-5-10(21)6-26-19(11)27-7-13(22)23/h3-6,13,30H,7,24H2,1-2H3,(H2,25,31)(H,26,27). The van der Waals surface area contributed by atoms with Crippen LogP contribution in [0.25, 0.3) is 22.6 Å². The zero-order valence-electron chi connectivity index (χ0n) is 16.6. The fraction of sp³-hybridized carbons (Fsp3) is 0.200. The summed E-state index contributed by atoms with van der Waals surface area (Å²) in [5, 5.41) is 12.5. The lowest BCUT2D eigenvalue weighted by molar-refractivity contribution is 0.0996. The van der Waals surface area contributed by atoms with Gasteiger partial charge < -0.3 is 21.9 Å². The van der Waals surface area contributed by atoms with Gasteiger partial charge in [0.1, 0.15) is 17.4 Å². The fourth-order valence-electron chi connectivity index (χ4n) is 3.09. The number of halogens is 3. The number of aromatic hydroxyl groups is 1. The van der Waals surface area contributed by atoms with Crippen molar-refractivity contribution in [2.75, 3.05) is 17.6 Å². The van der Waals surface area contributed by atoms with Crippen LogP contribution in [0, 0.1) is 19.7 Å². The van der Waals surface area contributed by atoms with Crippen molar-refractivity contribution in [1.29, 1.82) is 0 Å². The van der Waals surface area contributed by atoms with Crippen molar-refractivity contribution in [2.24, 2.45) is 5.73 Å². The molecule has 1 aromatic carbocycles. The molecule has 1 amide bonds. The number of nitrogens with zero attached hydrogens (tertiary/aromatic N) is 3. The van der Waals surface area contributed by atoms with Crippen LogP contribution in [0.3, 0.4) is 0 Å². The molecule has 2 heterocycles. The minimum atomic E-state index is -2.69. The Balaban J connectivity index is 2.31. The van der Waals surface area contributed by atoms with Crippen LogP contribution in [0.15, 0.2) is 24.4 Å². The van der Waals surface area contributed by atoms with Crippen LogP contribution >= 0.6 is 0 Å². The van der Waals surface area contributed by atoms with Crippen LogP contribution in [0.4, 0.5) is 24.7 Å². The first kappa shape index (κ1) is 21.8. The highest BCUT2D eigenvalue weighted by Gasteiger charge is 2.23. The van der Waals surface area contributed by atoms with Crippen LogP contribution in [-0.4, -0.2) is 38.9 Å². The number of alkyl halides is 2. The van der Waals surface area contributed by atoms with Crippen LogP contribution in [0.1, 0.15) is 21.6 Å². The molecule has 0 bridgehead atoms. The molecule has 0 aliphatic heterocycles. The van der Waals surface area contributed by atoms with E-state index in [0.717, 1.165) is 12.3 Å². The molecule has 3 rings (SSSR count). The predicted molar refractivity (Wildman–Crippen MR) is 109 cm³/mol. The lowest BCUT2D eigenvalue weighted by Gasteiger charge is -2.16. The van der Waals surface area contributed by atoms with Crippen molar-refractivity contribution in [3.05, 3.63) is 47.0 Å². The van der Waals surface area contributed by atoms with E-state index in [-0.39, 0.29) is 40.0 Å². The van der Waals surface area contributed by atoms with E-state index in [4.69, 9.17) is 11.5 Å². The first-order valence-electron chi connectivity index (χ1n) is 9.05. The van der Waals surface area contributed by atoms with Gasteiger partial charge in [-0.1, -0.05) is 6.07 Å². The van der Waals surface area contributed by atoms with E-state index in [2.05, 4.69) is 20.3 Å². The van der Waals surface area contributed by atoms with Gasteiger partial charge in [0.05, 0.1) is 29.7 Å². The third kappa shape index (κ3) is 4.34. The highest BCUT2D eigenvalue weighted by Crippen LogP contribution is 2.37. The van der Waals surface area contributed by atoms with E-state index >= 15 is 0 Å².